The third-order valence-corrected chi connectivity index (χ3v) is 4.83. The second-order valence-corrected chi connectivity index (χ2v) is 6.89. The Labute approximate surface area is 166 Å². The van der Waals surface area contributed by atoms with Gasteiger partial charge in [0.2, 0.25) is 5.95 Å². The molecule has 146 valence electrons. The maximum atomic E-state index is 5.68. The largest absolute Gasteiger partial charge is 0.363 e. The predicted molar refractivity (Wildman–Crippen MR) is 106 cm³/mol. The van der Waals surface area contributed by atoms with Crippen molar-refractivity contribution in [2.24, 2.45) is 0 Å². The fourth-order valence-corrected chi connectivity index (χ4v) is 3.54. The van der Waals surface area contributed by atoms with Gasteiger partial charge in [0.25, 0.3) is 0 Å². The van der Waals surface area contributed by atoms with Crippen LogP contribution in [0.2, 0.25) is 0 Å². The first-order chi connectivity index (χ1) is 14.3. The Morgan fingerprint density at radius 3 is 2.86 bits per heavy atom. The summed E-state index contributed by atoms with van der Waals surface area (Å²) in [6, 6.07) is 11.3. The van der Waals surface area contributed by atoms with Crippen molar-refractivity contribution in [1.82, 2.24) is 25.3 Å². The minimum absolute atomic E-state index is 0.0293. The molecule has 4 aromatic rings. The van der Waals surface area contributed by atoms with Crippen molar-refractivity contribution in [3.63, 3.8) is 0 Å². The van der Waals surface area contributed by atoms with Crippen LogP contribution in [0, 0.1) is 6.92 Å². The molecule has 1 N–H and O–H groups in total. The molecule has 1 atom stereocenters. The third kappa shape index (κ3) is 3.54. The summed E-state index contributed by atoms with van der Waals surface area (Å²) in [6.07, 6.45) is 5.22. The molecule has 0 amide bonds. The number of aryl methyl sites for hydroxylation is 1. The van der Waals surface area contributed by atoms with E-state index in [1.54, 1.807) is 12.3 Å². The maximum absolute atomic E-state index is 5.68. The Balaban J connectivity index is 1.42. The van der Waals surface area contributed by atoms with Crippen LogP contribution in [0.1, 0.15) is 30.3 Å². The Morgan fingerprint density at radius 2 is 2.03 bits per heavy atom. The minimum Gasteiger partial charge on any atom is -0.363 e. The molecule has 5 heterocycles. The topological polar surface area (TPSA) is 106 Å². The van der Waals surface area contributed by atoms with Gasteiger partial charge in [0.15, 0.2) is 11.6 Å². The van der Waals surface area contributed by atoms with Gasteiger partial charge in [-0.2, -0.15) is 4.98 Å². The monoisotopic (exact) mass is 389 g/mol. The van der Waals surface area contributed by atoms with Gasteiger partial charge in [-0.05, 0) is 31.9 Å². The van der Waals surface area contributed by atoms with Gasteiger partial charge in [-0.15, -0.1) is 0 Å². The summed E-state index contributed by atoms with van der Waals surface area (Å²) in [4.78, 5) is 15.8. The smallest absolute Gasteiger partial charge is 0.228 e. The first-order valence-corrected chi connectivity index (χ1v) is 9.44. The lowest BCUT2D eigenvalue weighted by molar-refractivity contribution is 0.362. The van der Waals surface area contributed by atoms with Crippen LogP contribution >= 0.6 is 0 Å². The number of aromatic nitrogens is 5. The summed E-state index contributed by atoms with van der Waals surface area (Å²) in [6.45, 7) is 2.79. The fraction of sp³-hybridized carbons (Fsp3) is 0.250. The molecule has 5 rings (SSSR count). The molecule has 0 radical (unpaired) electrons. The van der Waals surface area contributed by atoms with E-state index in [1.165, 1.54) is 6.26 Å². The predicted octanol–water partition coefficient (Wildman–Crippen LogP) is 3.91. The van der Waals surface area contributed by atoms with E-state index in [0.717, 1.165) is 42.2 Å². The molecule has 4 aromatic heterocycles. The Bertz CT molecular complexity index is 1100. The fourth-order valence-electron chi connectivity index (χ4n) is 3.54. The van der Waals surface area contributed by atoms with Gasteiger partial charge in [0, 0.05) is 36.6 Å². The molecule has 1 aliphatic rings. The molecule has 0 bridgehead atoms. The standard InChI is InChI=1S/C20H19N7O2/c1-13-11-19(23-18-7-10-28-26-18)24-20(22-13)27-9-4-6-16(27)17-12-15(25-29-17)14-5-2-3-8-21-14/h2-3,5,7-8,10-12,16H,4,6,9H2,1H3,(H,22,23,24,26). The lowest BCUT2D eigenvalue weighted by atomic mass is 10.1. The summed E-state index contributed by atoms with van der Waals surface area (Å²) < 4.78 is 10.5. The van der Waals surface area contributed by atoms with E-state index in [4.69, 9.17) is 9.05 Å². The summed E-state index contributed by atoms with van der Waals surface area (Å²) in [5.41, 5.74) is 2.38. The maximum Gasteiger partial charge on any atom is 0.228 e. The van der Waals surface area contributed by atoms with E-state index in [-0.39, 0.29) is 6.04 Å². The number of hydrogen-bond donors (Lipinski definition) is 1. The first-order valence-electron chi connectivity index (χ1n) is 9.44. The van der Waals surface area contributed by atoms with Crippen LogP contribution in [0.3, 0.4) is 0 Å². The zero-order chi connectivity index (χ0) is 19.6. The third-order valence-electron chi connectivity index (χ3n) is 4.83. The molecule has 1 fully saturated rings. The second-order valence-electron chi connectivity index (χ2n) is 6.89. The highest BCUT2D eigenvalue weighted by atomic mass is 16.5. The lowest BCUT2D eigenvalue weighted by Gasteiger charge is -2.23. The van der Waals surface area contributed by atoms with E-state index >= 15 is 0 Å². The van der Waals surface area contributed by atoms with E-state index in [2.05, 4.69) is 35.5 Å². The van der Waals surface area contributed by atoms with Crippen LogP contribution in [0.15, 0.2) is 57.9 Å². The van der Waals surface area contributed by atoms with Crippen LogP contribution in [0.5, 0.6) is 0 Å². The molecule has 1 unspecified atom stereocenters. The minimum atomic E-state index is 0.0293. The number of pyridine rings is 1. The number of rotatable bonds is 5. The van der Waals surface area contributed by atoms with Crippen LogP contribution in [-0.4, -0.2) is 31.8 Å². The molecular formula is C20H19N7O2. The Hall–Kier alpha value is -3.75. The van der Waals surface area contributed by atoms with Crippen molar-refractivity contribution in [3.05, 3.63) is 60.3 Å². The molecule has 9 nitrogen and oxygen atoms in total. The van der Waals surface area contributed by atoms with Crippen molar-refractivity contribution in [3.8, 4) is 11.4 Å². The van der Waals surface area contributed by atoms with Crippen molar-refractivity contribution in [2.45, 2.75) is 25.8 Å². The quantitative estimate of drug-likeness (QED) is 0.543. The van der Waals surface area contributed by atoms with Gasteiger partial charge in [-0.3, -0.25) is 4.98 Å². The summed E-state index contributed by atoms with van der Waals surface area (Å²) in [5.74, 6) is 2.70. The van der Waals surface area contributed by atoms with E-state index in [0.29, 0.717) is 17.6 Å². The zero-order valence-electron chi connectivity index (χ0n) is 15.8. The molecule has 0 spiro atoms. The van der Waals surface area contributed by atoms with E-state index < -0.39 is 0 Å². The summed E-state index contributed by atoms with van der Waals surface area (Å²) >= 11 is 0. The van der Waals surface area contributed by atoms with Gasteiger partial charge < -0.3 is 19.3 Å². The van der Waals surface area contributed by atoms with E-state index in [1.807, 2.05) is 37.3 Å². The summed E-state index contributed by atoms with van der Waals surface area (Å²) in [5, 5.41) is 11.2. The molecule has 29 heavy (non-hydrogen) atoms. The van der Waals surface area contributed by atoms with Crippen LogP contribution in [0.25, 0.3) is 11.4 Å². The molecule has 1 saturated heterocycles. The van der Waals surface area contributed by atoms with Gasteiger partial charge in [-0.25, -0.2) is 4.98 Å². The molecule has 0 aromatic carbocycles. The lowest BCUT2D eigenvalue weighted by Crippen LogP contribution is -2.25. The van der Waals surface area contributed by atoms with Crippen LogP contribution in [0.4, 0.5) is 17.6 Å². The van der Waals surface area contributed by atoms with E-state index in [9.17, 15) is 0 Å². The number of hydrogen-bond acceptors (Lipinski definition) is 9. The molecule has 0 aliphatic carbocycles. The van der Waals surface area contributed by atoms with Crippen molar-refractivity contribution < 1.29 is 9.05 Å². The summed E-state index contributed by atoms with van der Waals surface area (Å²) in [7, 11) is 0. The SMILES string of the molecule is Cc1cc(Nc2ccon2)nc(N2CCCC2c2cc(-c3ccccn3)no2)n1. The highest BCUT2D eigenvalue weighted by molar-refractivity contribution is 5.55. The average Bonchev–Trinajstić information content (AvgIpc) is 3.49. The van der Waals surface area contributed by atoms with Gasteiger partial charge in [-0.1, -0.05) is 16.4 Å². The van der Waals surface area contributed by atoms with Gasteiger partial charge >= 0.3 is 0 Å². The van der Waals surface area contributed by atoms with Crippen molar-refractivity contribution in [1.29, 1.82) is 0 Å². The highest BCUT2D eigenvalue weighted by Crippen LogP contribution is 2.36. The normalized spacial score (nSPS) is 16.3. The van der Waals surface area contributed by atoms with Gasteiger partial charge in [0.1, 0.15) is 17.8 Å². The Kier molecular flexibility index (Phi) is 4.39. The molecule has 1 aliphatic heterocycles. The molecule has 0 saturated carbocycles. The van der Waals surface area contributed by atoms with Crippen LogP contribution in [-0.2, 0) is 0 Å². The number of nitrogens with zero attached hydrogens (tertiary/aromatic N) is 6. The second kappa shape index (κ2) is 7.34. The van der Waals surface area contributed by atoms with Crippen molar-refractivity contribution in [2.75, 3.05) is 16.8 Å². The highest BCUT2D eigenvalue weighted by Gasteiger charge is 2.32. The van der Waals surface area contributed by atoms with Gasteiger partial charge in [0.05, 0.1) is 11.7 Å². The molecular weight excluding hydrogens is 370 g/mol. The number of nitrogens with one attached hydrogen (secondary N) is 1. The Morgan fingerprint density at radius 1 is 1.07 bits per heavy atom. The zero-order valence-corrected chi connectivity index (χ0v) is 15.8. The average molecular weight is 389 g/mol. The molecule has 9 heteroatoms. The van der Waals surface area contributed by atoms with Crippen LogP contribution < -0.4 is 10.2 Å². The first kappa shape index (κ1) is 17.4. The van der Waals surface area contributed by atoms with Crippen molar-refractivity contribution >= 4 is 17.6 Å². The number of anilines is 3.